The molecule has 0 fully saturated rings. The van der Waals surface area contributed by atoms with Gasteiger partial charge in [-0.05, 0) is 25.1 Å². The fraction of sp³-hybridized carbons (Fsp3) is 0.200. The Kier molecular flexibility index (Phi) is 8.26. The van der Waals surface area contributed by atoms with Crippen molar-refractivity contribution >= 4 is 40.6 Å². The number of hydrogen-bond donors (Lipinski definition) is 2. The summed E-state index contributed by atoms with van der Waals surface area (Å²) in [5.74, 6) is -1.85. The van der Waals surface area contributed by atoms with E-state index in [-0.39, 0.29) is 28.9 Å². The lowest BCUT2D eigenvalue weighted by atomic mass is 10.1. The van der Waals surface area contributed by atoms with Crippen LogP contribution in [0.4, 0.5) is 17.1 Å². The number of nitro groups is 2. The third-order valence-electron chi connectivity index (χ3n) is 4.22. The second-order valence-electron chi connectivity index (χ2n) is 6.65. The van der Waals surface area contributed by atoms with E-state index in [1.165, 1.54) is 26.2 Å². The second-order valence-corrected chi connectivity index (χ2v) is 6.65. The van der Waals surface area contributed by atoms with Crippen LogP contribution in [-0.2, 0) is 20.7 Å². The topological polar surface area (TPSA) is 183 Å². The summed E-state index contributed by atoms with van der Waals surface area (Å²) < 4.78 is 4.66. The van der Waals surface area contributed by atoms with E-state index < -0.39 is 45.4 Å². The van der Waals surface area contributed by atoms with E-state index >= 15 is 0 Å². The quantitative estimate of drug-likeness (QED) is 0.249. The molecule has 2 amide bonds. The van der Waals surface area contributed by atoms with Gasteiger partial charge in [-0.3, -0.25) is 29.8 Å². The lowest BCUT2D eigenvalue weighted by Gasteiger charge is -2.09. The number of carbonyl (C=O) groups excluding carboxylic acids is 3. The van der Waals surface area contributed by atoms with Crippen LogP contribution in [0.5, 0.6) is 0 Å². The number of rotatable bonds is 9. The highest BCUT2D eigenvalue weighted by Crippen LogP contribution is 2.25. The van der Waals surface area contributed by atoms with Gasteiger partial charge in [0.1, 0.15) is 0 Å². The monoisotopic (exact) mass is 457 g/mol. The highest BCUT2D eigenvalue weighted by atomic mass is 16.6. The van der Waals surface area contributed by atoms with Crippen LogP contribution >= 0.6 is 0 Å². The molecule has 0 aliphatic heterocycles. The first-order valence-electron chi connectivity index (χ1n) is 9.33. The number of nitro benzene ring substituents is 2. The molecule has 0 heterocycles. The number of hydrazone groups is 1. The summed E-state index contributed by atoms with van der Waals surface area (Å²) in [4.78, 5) is 56.5. The number of hydrogen-bond acceptors (Lipinski definition) is 9. The van der Waals surface area contributed by atoms with Gasteiger partial charge in [0.25, 0.3) is 11.4 Å². The lowest BCUT2D eigenvalue weighted by molar-refractivity contribution is -0.394. The molecule has 0 bridgehead atoms. The van der Waals surface area contributed by atoms with E-state index in [0.717, 1.165) is 18.2 Å². The number of ether oxygens (including phenoxy) is 1. The maximum absolute atomic E-state index is 12.2. The summed E-state index contributed by atoms with van der Waals surface area (Å²) in [6.45, 7) is 1.47. The third-order valence-corrected chi connectivity index (χ3v) is 4.22. The van der Waals surface area contributed by atoms with Gasteiger partial charge in [-0.25, -0.2) is 10.2 Å². The maximum Gasteiger partial charge on any atom is 0.339 e. The van der Waals surface area contributed by atoms with Crippen molar-refractivity contribution in [3.05, 3.63) is 73.8 Å². The van der Waals surface area contributed by atoms with Crippen molar-refractivity contribution in [2.24, 2.45) is 5.10 Å². The van der Waals surface area contributed by atoms with Gasteiger partial charge in [-0.15, -0.1) is 0 Å². The van der Waals surface area contributed by atoms with E-state index in [4.69, 9.17) is 0 Å². The first kappa shape index (κ1) is 24.6. The van der Waals surface area contributed by atoms with Gasteiger partial charge in [0.05, 0.1) is 47.1 Å². The summed E-state index contributed by atoms with van der Waals surface area (Å²) >= 11 is 0. The molecule has 2 aromatic carbocycles. The zero-order valence-electron chi connectivity index (χ0n) is 17.6. The minimum atomic E-state index is -0.819. The van der Waals surface area contributed by atoms with Crippen molar-refractivity contribution in [1.29, 1.82) is 0 Å². The minimum absolute atomic E-state index is 0.0342. The molecule has 33 heavy (non-hydrogen) atoms. The van der Waals surface area contributed by atoms with Crippen molar-refractivity contribution in [2.75, 3.05) is 12.4 Å². The molecule has 13 heteroatoms. The van der Waals surface area contributed by atoms with Gasteiger partial charge in [0, 0.05) is 17.3 Å². The van der Waals surface area contributed by atoms with Crippen molar-refractivity contribution < 1.29 is 29.0 Å². The van der Waals surface area contributed by atoms with Crippen LogP contribution in [0, 0.1) is 20.2 Å². The second kappa shape index (κ2) is 11.1. The van der Waals surface area contributed by atoms with E-state index in [9.17, 15) is 34.6 Å². The number of non-ortho nitro benzene ring substituents is 1. The van der Waals surface area contributed by atoms with Crippen molar-refractivity contribution in [3.8, 4) is 0 Å². The average Bonchev–Trinajstić information content (AvgIpc) is 2.77. The minimum Gasteiger partial charge on any atom is -0.465 e. The molecule has 0 atom stereocenters. The number of amides is 2. The predicted molar refractivity (Wildman–Crippen MR) is 116 cm³/mol. The summed E-state index contributed by atoms with van der Waals surface area (Å²) in [6, 6.07) is 9.20. The Bertz CT molecular complexity index is 1150. The number of nitrogens with one attached hydrogen (secondary N) is 2. The zero-order chi connectivity index (χ0) is 24.5. The van der Waals surface area contributed by atoms with Gasteiger partial charge in [-0.2, -0.15) is 5.10 Å². The molecule has 0 aliphatic rings. The van der Waals surface area contributed by atoms with Crippen LogP contribution in [-0.4, -0.2) is 40.5 Å². The van der Waals surface area contributed by atoms with Crippen LogP contribution in [0.15, 0.2) is 47.6 Å². The first-order chi connectivity index (χ1) is 15.6. The fourth-order valence-electron chi connectivity index (χ4n) is 2.70. The summed E-state index contributed by atoms with van der Waals surface area (Å²) in [5.41, 5.74) is 1.74. The van der Waals surface area contributed by atoms with E-state index in [1.54, 1.807) is 12.1 Å². The zero-order valence-corrected chi connectivity index (χ0v) is 17.6. The lowest BCUT2D eigenvalue weighted by Crippen LogP contribution is -2.23. The molecule has 0 saturated heterocycles. The Hall–Kier alpha value is -4.68. The molecule has 2 N–H and O–H groups in total. The smallest absolute Gasteiger partial charge is 0.339 e. The van der Waals surface area contributed by atoms with E-state index in [0.29, 0.717) is 0 Å². The number of anilines is 1. The Labute approximate surface area is 186 Å². The molecule has 0 saturated carbocycles. The van der Waals surface area contributed by atoms with Crippen LogP contribution in [0.2, 0.25) is 0 Å². The highest BCUT2D eigenvalue weighted by molar-refractivity contribution is 6.08. The molecule has 13 nitrogen and oxygen atoms in total. The average molecular weight is 457 g/mol. The van der Waals surface area contributed by atoms with Crippen LogP contribution in [0.1, 0.15) is 29.3 Å². The van der Waals surface area contributed by atoms with E-state index in [1.807, 2.05) is 0 Å². The Morgan fingerprint density at radius 3 is 2.36 bits per heavy atom. The molecule has 0 aromatic heterocycles. The standard InChI is InChI=1S/C20H19N5O8/c1-12(9-18(26)21-16-6-4-3-5-15(16)20(28)33-2)22-23-19(27)10-13-7-8-14(24(29)30)11-17(13)25(31)32/h3-8,11H,9-10H2,1-2H3,(H,21,26)(H,23,27)/b22-12-. The molecular formula is C20H19N5O8. The summed E-state index contributed by atoms with van der Waals surface area (Å²) in [5, 5.41) is 28.3. The number of benzene rings is 2. The van der Waals surface area contributed by atoms with Gasteiger partial charge < -0.3 is 10.1 Å². The molecule has 2 aromatic rings. The Morgan fingerprint density at radius 2 is 1.73 bits per heavy atom. The van der Waals surface area contributed by atoms with Crippen molar-refractivity contribution in [1.82, 2.24) is 5.43 Å². The van der Waals surface area contributed by atoms with Crippen molar-refractivity contribution in [2.45, 2.75) is 19.8 Å². The molecular weight excluding hydrogens is 438 g/mol. The number of methoxy groups -OCH3 is 1. The Morgan fingerprint density at radius 1 is 1.03 bits per heavy atom. The van der Waals surface area contributed by atoms with Crippen LogP contribution in [0.3, 0.4) is 0 Å². The van der Waals surface area contributed by atoms with Crippen LogP contribution < -0.4 is 10.7 Å². The van der Waals surface area contributed by atoms with E-state index in [2.05, 4.69) is 20.6 Å². The number of para-hydroxylation sites is 1. The van der Waals surface area contributed by atoms with Crippen LogP contribution in [0.25, 0.3) is 0 Å². The molecule has 0 unspecified atom stereocenters. The molecule has 0 aliphatic carbocycles. The van der Waals surface area contributed by atoms with Gasteiger partial charge >= 0.3 is 5.97 Å². The molecule has 172 valence electrons. The fourth-order valence-corrected chi connectivity index (χ4v) is 2.70. The first-order valence-corrected chi connectivity index (χ1v) is 9.33. The predicted octanol–water partition coefficient (Wildman–Crippen LogP) is 2.35. The van der Waals surface area contributed by atoms with Gasteiger partial charge in [0.2, 0.25) is 11.8 Å². The van der Waals surface area contributed by atoms with Gasteiger partial charge in [0.15, 0.2) is 0 Å². The third kappa shape index (κ3) is 6.92. The number of carbonyl (C=O) groups is 3. The van der Waals surface area contributed by atoms with Gasteiger partial charge in [-0.1, -0.05) is 12.1 Å². The Balaban J connectivity index is 2.00. The number of esters is 1. The van der Waals surface area contributed by atoms with Crippen molar-refractivity contribution in [3.63, 3.8) is 0 Å². The summed E-state index contributed by atoms with van der Waals surface area (Å²) in [6.07, 6.45) is -0.669. The normalized spacial score (nSPS) is 10.8. The molecule has 0 spiro atoms. The highest BCUT2D eigenvalue weighted by Gasteiger charge is 2.21. The largest absolute Gasteiger partial charge is 0.465 e. The molecule has 2 rings (SSSR count). The maximum atomic E-state index is 12.2. The SMILES string of the molecule is COC(=O)c1ccccc1NC(=O)C/C(C)=N\NC(=O)Cc1ccc([N+](=O)[O-])cc1[N+](=O)[O-]. The summed E-state index contributed by atoms with van der Waals surface area (Å²) in [7, 11) is 1.21. The molecule has 0 radical (unpaired) electrons. The number of nitrogens with zero attached hydrogens (tertiary/aromatic N) is 3.